The Morgan fingerprint density at radius 2 is 2.38 bits per heavy atom. The van der Waals surface area contributed by atoms with E-state index >= 15 is 0 Å². The van der Waals surface area contributed by atoms with Crippen LogP contribution in [0.5, 0.6) is 0 Å². The molecule has 2 unspecified atom stereocenters. The second-order valence-electron chi connectivity index (χ2n) is 4.97. The second-order valence-corrected chi connectivity index (χ2v) is 4.97. The standard InChI is InChI=1S/C12H19FN2O/c1-9-7-14-11(16-9)10(2)15-6-4-5-12(3,13)8-15/h7,10H,4-6,8H2,1-3H3. The molecule has 0 bridgehead atoms. The summed E-state index contributed by atoms with van der Waals surface area (Å²) >= 11 is 0. The van der Waals surface area contributed by atoms with Crippen molar-refractivity contribution in [3.63, 3.8) is 0 Å². The van der Waals surface area contributed by atoms with Crippen molar-refractivity contribution in [3.05, 3.63) is 17.8 Å². The highest BCUT2D eigenvalue weighted by molar-refractivity contribution is 4.97. The largest absolute Gasteiger partial charge is 0.444 e. The average molecular weight is 226 g/mol. The molecular weight excluding hydrogens is 207 g/mol. The predicted octanol–water partition coefficient (Wildman–Crippen LogP) is 2.87. The van der Waals surface area contributed by atoms with Crippen LogP contribution in [0.3, 0.4) is 0 Å². The highest BCUT2D eigenvalue weighted by Gasteiger charge is 2.34. The van der Waals surface area contributed by atoms with Gasteiger partial charge in [-0.3, -0.25) is 4.90 Å². The van der Waals surface area contributed by atoms with Gasteiger partial charge in [0.25, 0.3) is 0 Å². The smallest absolute Gasteiger partial charge is 0.211 e. The fourth-order valence-corrected chi connectivity index (χ4v) is 2.28. The van der Waals surface area contributed by atoms with E-state index in [9.17, 15) is 4.39 Å². The summed E-state index contributed by atoms with van der Waals surface area (Å²) in [5.74, 6) is 1.50. The fraction of sp³-hybridized carbons (Fsp3) is 0.750. The van der Waals surface area contributed by atoms with E-state index in [2.05, 4.69) is 9.88 Å². The lowest BCUT2D eigenvalue weighted by Gasteiger charge is -2.37. The zero-order chi connectivity index (χ0) is 11.8. The summed E-state index contributed by atoms with van der Waals surface area (Å²) in [5, 5.41) is 0. The summed E-state index contributed by atoms with van der Waals surface area (Å²) in [4.78, 5) is 6.31. The Kier molecular flexibility index (Phi) is 3.02. The van der Waals surface area contributed by atoms with Gasteiger partial charge in [0.1, 0.15) is 11.4 Å². The van der Waals surface area contributed by atoms with Crippen molar-refractivity contribution in [2.75, 3.05) is 13.1 Å². The lowest BCUT2D eigenvalue weighted by molar-refractivity contribution is 0.0322. The Labute approximate surface area is 95.6 Å². The molecule has 0 spiro atoms. The van der Waals surface area contributed by atoms with Crippen LogP contribution in [0.1, 0.15) is 44.4 Å². The third-order valence-corrected chi connectivity index (χ3v) is 3.22. The van der Waals surface area contributed by atoms with Gasteiger partial charge < -0.3 is 4.42 Å². The molecular formula is C12H19FN2O. The van der Waals surface area contributed by atoms with Crippen LogP contribution in [0.25, 0.3) is 0 Å². The van der Waals surface area contributed by atoms with Crippen molar-refractivity contribution >= 4 is 0 Å². The first-order valence-corrected chi connectivity index (χ1v) is 5.83. The number of hydrogen-bond donors (Lipinski definition) is 0. The van der Waals surface area contributed by atoms with Crippen LogP contribution >= 0.6 is 0 Å². The Morgan fingerprint density at radius 1 is 1.62 bits per heavy atom. The van der Waals surface area contributed by atoms with Crippen LogP contribution in [0.4, 0.5) is 4.39 Å². The van der Waals surface area contributed by atoms with E-state index in [-0.39, 0.29) is 6.04 Å². The maximum atomic E-state index is 13.9. The van der Waals surface area contributed by atoms with E-state index in [0.717, 1.165) is 18.7 Å². The summed E-state index contributed by atoms with van der Waals surface area (Å²) < 4.78 is 19.4. The Balaban J connectivity index is 2.07. The van der Waals surface area contributed by atoms with Gasteiger partial charge in [0.2, 0.25) is 5.89 Å². The number of hydrogen-bond acceptors (Lipinski definition) is 3. The van der Waals surface area contributed by atoms with Crippen LogP contribution in [0.2, 0.25) is 0 Å². The second kappa shape index (κ2) is 4.17. The molecule has 1 aromatic heterocycles. The number of oxazole rings is 1. The van der Waals surface area contributed by atoms with Crippen molar-refractivity contribution < 1.29 is 8.81 Å². The van der Waals surface area contributed by atoms with Gasteiger partial charge in [0.05, 0.1) is 12.2 Å². The zero-order valence-corrected chi connectivity index (χ0v) is 10.2. The highest BCUT2D eigenvalue weighted by atomic mass is 19.1. The van der Waals surface area contributed by atoms with Crippen molar-refractivity contribution in [3.8, 4) is 0 Å². The van der Waals surface area contributed by atoms with Crippen LogP contribution in [-0.2, 0) is 0 Å². The molecule has 1 saturated heterocycles. The van der Waals surface area contributed by atoms with E-state index in [1.807, 2.05) is 13.8 Å². The monoisotopic (exact) mass is 226 g/mol. The van der Waals surface area contributed by atoms with E-state index in [4.69, 9.17) is 4.42 Å². The molecule has 1 aliphatic heterocycles. The Hall–Kier alpha value is -0.900. The van der Waals surface area contributed by atoms with Crippen molar-refractivity contribution in [2.45, 2.75) is 45.3 Å². The normalized spacial score (nSPS) is 29.2. The Morgan fingerprint density at radius 3 is 2.94 bits per heavy atom. The SMILES string of the molecule is Cc1cnc(C(C)N2CCCC(C)(F)C2)o1. The molecule has 4 heteroatoms. The lowest BCUT2D eigenvalue weighted by atomic mass is 9.96. The molecule has 16 heavy (non-hydrogen) atoms. The summed E-state index contributed by atoms with van der Waals surface area (Å²) in [7, 11) is 0. The zero-order valence-electron chi connectivity index (χ0n) is 10.2. The molecule has 0 aromatic carbocycles. The summed E-state index contributed by atoms with van der Waals surface area (Å²) in [5.41, 5.74) is -1.08. The van der Waals surface area contributed by atoms with Gasteiger partial charge in [-0.2, -0.15) is 0 Å². The molecule has 1 aromatic rings. The topological polar surface area (TPSA) is 29.3 Å². The van der Waals surface area contributed by atoms with Gasteiger partial charge in [-0.25, -0.2) is 9.37 Å². The number of alkyl halides is 1. The van der Waals surface area contributed by atoms with Gasteiger partial charge in [-0.05, 0) is 40.2 Å². The summed E-state index contributed by atoms with van der Waals surface area (Å²) in [6.07, 6.45) is 3.27. The number of aromatic nitrogens is 1. The Bertz CT molecular complexity index is 362. The summed E-state index contributed by atoms with van der Waals surface area (Å²) in [6, 6.07) is 0.0593. The summed E-state index contributed by atoms with van der Waals surface area (Å²) in [6.45, 7) is 6.95. The molecule has 0 aliphatic carbocycles. The molecule has 0 saturated carbocycles. The number of nitrogens with zero attached hydrogens (tertiary/aromatic N) is 2. The maximum absolute atomic E-state index is 13.9. The average Bonchev–Trinajstić information content (AvgIpc) is 2.62. The molecule has 3 nitrogen and oxygen atoms in total. The van der Waals surface area contributed by atoms with E-state index in [1.165, 1.54) is 0 Å². The number of rotatable bonds is 2. The van der Waals surface area contributed by atoms with Crippen molar-refractivity contribution in [1.29, 1.82) is 0 Å². The minimum absolute atomic E-state index is 0.0593. The molecule has 1 fully saturated rings. The highest BCUT2D eigenvalue weighted by Crippen LogP contribution is 2.30. The van der Waals surface area contributed by atoms with E-state index < -0.39 is 5.67 Å². The van der Waals surface area contributed by atoms with Crippen LogP contribution in [0, 0.1) is 6.92 Å². The van der Waals surface area contributed by atoms with Gasteiger partial charge in [0, 0.05) is 6.54 Å². The minimum atomic E-state index is -1.08. The van der Waals surface area contributed by atoms with E-state index in [1.54, 1.807) is 13.1 Å². The minimum Gasteiger partial charge on any atom is -0.444 e. The first kappa shape index (κ1) is 11.6. The first-order valence-electron chi connectivity index (χ1n) is 5.83. The lowest BCUT2D eigenvalue weighted by Crippen LogP contribution is -2.44. The van der Waals surface area contributed by atoms with Gasteiger partial charge >= 0.3 is 0 Å². The molecule has 0 N–H and O–H groups in total. The van der Waals surface area contributed by atoms with Crippen molar-refractivity contribution in [1.82, 2.24) is 9.88 Å². The maximum Gasteiger partial charge on any atom is 0.211 e. The quantitative estimate of drug-likeness (QED) is 0.776. The number of likely N-dealkylation sites (tertiary alicyclic amines) is 1. The number of piperidine rings is 1. The number of aryl methyl sites for hydroxylation is 1. The molecule has 2 atom stereocenters. The van der Waals surface area contributed by atoms with Crippen molar-refractivity contribution in [2.24, 2.45) is 0 Å². The fourth-order valence-electron chi connectivity index (χ4n) is 2.28. The van der Waals surface area contributed by atoms with Gasteiger partial charge in [-0.1, -0.05) is 0 Å². The van der Waals surface area contributed by atoms with Crippen LogP contribution in [-0.4, -0.2) is 28.6 Å². The van der Waals surface area contributed by atoms with Gasteiger partial charge in [0.15, 0.2) is 0 Å². The molecule has 0 radical (unpaired) electrons. The molecule has 0 amide bonds. The molecule has 2 rings (SSSR count). The number of halogens is 1. The molecule has 1 aliphatic rings. The third kappa shape index (κ3) is 2.43. The third-order valence-electron chi connectivity index (χ3n) is 3.22. The molecule has 90 valence electrons. The first-order chi connectivity index (χ1) is 7.48. The van der Waals surface area contributed by atoms with E-state index in [0.29, 0.717) is 18.9 Å². The predicted molar refractivity (Wildman–Crippen MR) is 60.0 cm³/mol. The van der Waals surface area contributed by atoms with Crippen LogP contribution in [0.15, 0.2) is 10.6 Å². The van der Waals surface area contributed by atoms with Crippen LogP contribution < -0.4 is 0 Å². The van der Waals surface area contributed by atoms with Gasteiger partial charge in [-0.15, -0.1) is 0 Å². The molecule has 2 heterocycles.